The molecule has 1 fully saturated rings. The van der Waals surface area contributed by atoms with Crippen LogP contribution in [0.15, 0.2) is 18.2 Å². The minimum absolute atomic E-state index is 0.0564. The third-order valence-electron chi connectivity index (χ3n) is 4.35. The first-order valence-corrected chi connectivity index (χ1v) is 9.07. The number of hydrogen-bond donors (Lipinski definition) is 1. The first-order valence-electron chi connectivity index (χ1n) is 9.07. The average molecular weight is 376 g/mol. The van der Waals surface area contributed by atoms with Crippen molar-refractivity contribution in [2.45, 2.75) is 20.3 Å². The van der Waals surface area contributed by atoms with Gasteiger partial charge >= 0.3 is 5.97 Å². The fraction of sp³-hybridized carbons (Fsp3) is 0.526. The van der Waals surface area contributed by atoms with Gasteiger partial charge in [-0.3, -0.25) is 14.4 Å². The maximum Gasteiger partial charge on any atom is 0.311 e. The predicted octanol–water partition coefficient (Wildman–Crippen LogP) is 1.13. The molecule has 8 nitrogen and oxygen atoms in total. The Labute approximate surface area is 157 Å². The highest BCUT2D eigenvalue weighted by molar-refractivity contribution is 5.99. The molecule has 1 atom stereocenters. The summed E-state index contributed by atoms with van der Waals surface area (Å²) in [6.07, 6.45) is 0.0564. The number of esters is 1. The van der Waals surface area contributed by atoms with Crippen LogP contribution in [0.1, 0.15) is 20.3 Å². The molecule has 146 valence electrons. The Morgan fingerprint density at radius 2 is 2.00 bits per heavy atom. The molecule has 1 N–H and O–H groups in total. The summed E-state index contributed by atoms with van der Waals surface area (Å²) in [6.45, 7) is 5.30. The van der Waals surface area contributed by atoms with Crippen LogP contribution in [0.3, 0.4) is 0 Å². The topological polar surface area (TPSA) is 94.2 Å². The van der Waals surface area contributed by atoms with Crippen molar-refractivity contribution in [2.24, 2.45) is 11.8 Å². The van der Waals surface area contributed by atoms with Crippen LogP contribution in [0.25, 0.3) is 0 Å². The zero-order chi connectivity index (χ0) is 19.4. The number of amides is 2. The largest absolute Gasteiger partial charge is 0.486 e. The van der Waals surface area contributed by atoms with E-state index in [1.807, 2.05) is 13.8 Å². The fourth-order valence-corrected chi connectivity index (χ4v) is 2.94. The molecule has 0 radical (unpaired) electrons. The molecular formula is C19H24N2O6. The maximum absolute atomic E-state index is 12.3. The van der Waals surface area contributed by atoms with E-state index in [0.29, 0.717) is 42.9 Å². The standard InChI is InChI=1S/C19H24N2O6/c1-12(2)9-20-17(22)11-27-19(24)13-7-18(23)21(10-13)14-3-4-15-16(8-14)26-6-5-25-15/h3-4,8,12-13H,5-7,9-11H2,1-2H3,(H,20,22)/t13-/m0/s1. The highest BCUT2D eigenvalue weighted by Gasteiger charge is 2.36. The van der Waals surface area contributed by atoms with Gasteiger partial charge in [0.1, 0.15) is 13.2 Å². The van der Waals surface area contributed by atoms with E-state index in [0.717, 1.165) is 0 Å². The highest BCUT2D eigenvalue weighted by atomic mass is 16.6. The normalized spacial score (nSPS) is 18.6. The molecule has 2 aliphatic rings. The first-order chi connectivity index (χ1) is 12.9. The second kappa shape index (κ2) is 8.28. The quantitative estimate of drug-likeness (QED) is 0.748. The van der Waals surface area contributed by atoms with Gasteiger partial charge in [-0.2, -0.15) is 0 Å². The minimum atomic E-state index is -0.594. The number of carbonyl (C=O) groups excluding carboxylic acids is 3. The highest BCUT2D eigenvalue weighted by Crippen LogP contribution is 2.36. The molecule has 0 aromatic heterocycles. The van der Waals surface area contributed by atoms with Crippen molar-refractivity contribution in [3.63, 3.8) is 0 Å². The molecule has 0 bridgehead atoms. The molecule has 0 aliphatic carbocycles. The molecule has 0 spiro atoms. The summed E-state index contributed by atoms with van der Waals surface area (Å²) in [5.74, 6) is -0.106. The Hall–Kier alpha value is -2.77. The van der Waals surface area contributed by atoms with Crippen LogP contribution in [-0.2, 0) is 19.1 Å². The molecular weight excluding hydrogens is 352 g/mol. The number of anilines is 1. The van der Waals surface area contributed by atoms with Crippen LogP contribution in [0, 0.1) is 11.8 Å². The van der Waals surface area contributed by atoms with E-state index in [-0.39, 0.29) is 31.4 Å². The van der Waals surface area contributed by atoms with E-state index in [9.17, 15) is 14.4 Å². The van der Waals surface area contributed by atoms with Crippen LogP contribution in [-0.4, -0.2) is 50.7 Å². The predicted molar refractivity (Wildman–Crippen MR) is 96.7 cm³/mol. The first kappa shape index (κ1) is 19.0. The van der Waals surface area contributed by atoms with E-state index in [1.54, 1.807) is 18.2 Å². The maximum atomic E-state index is 12.3. The molecule has 27 heavy (non-hydrogen) atoms. The van der Waals surface area contributed by atoms with E-state index in [2.05, 4.69) is 5.32 Å². The van der Waals surface area contributed by atoms with E-state index < -0.39 is 11.9 Å². The van der Waals surface area contributed by atoms with Crippen molar-refractivity contribution in [2.75, 3.05) is 37.8 Å². The van der Waals surface area contributed by atoms with Gasteiger partial charge < -0.3 is 24.4 Å². The molecule has 2 heterocycles. The van der Waals surface area contributed by atoms with Gasteiger partial charge in [-0.25, -0.2) is 0 Å². The van der Waals surface area contributed by atoms with Crippen LogP contribution in [0.5, 0.6) is 11.5 Å². The molecule has 2 amide bonds. The zero-order valence-electron chi connectivity index (χ0n) is 15.5. The van der Waals surface area contributed by atoms with Crippen LogP contribution >= 0.6 is 0 Å². The summed E-state index contributed by atoms with van der Waals surface area (Å²) in [7, 11) is 0. The number of rotatable bonds is 6. The SMILES string of the molecule is CC(C)CNC(=O)COC(=O)[C@H]1CC(=O)N(c2ccc3c(c2)OCCO3)C1. The summed E-state index contributed by atoms with van der Waals surface area (Å²) < 4.78 is 16.1. The van der Waals surface area contributed by atoms with E-state index in [4.69, 9.17) is 14.2 Å². The van der Waals surface area contributed by atoms with Crippen LogP contribution < -0.4 is 19.7 Å². The van der Waals surface area contributed by atoms with Crippen molar-refractivity contribution in [3.8, 4) is 11.5 Å². The lowest BCUT2D eigenvalue weighted by molar-refractivity contribution is -0.152. The van der Waals surface area contributed by atoms with Gasteiger partial charge in [0.25, 0.3) is 5.91 Å². The zero-order valence-corrected chi connectivity index (χ0v) is 15.5. The van der Waals surface area contributed by atoms with Gasteiger partial charge in [0.15, 0.2) is 18.1 Å². The number of nitrogens with zero attached hydrogens (tertiary/aromatic N) is 1. The van der Waals surface area contributed by atoms with Gasteiger partial charge in [0.05, 0.1) is 5.92 Å². The van der Waals surface area contributed by atoms with Crippen molar-refractivity contribution in [1.29, 1.82) is 0 Å². The van der Waals surface area contributed by atoms with Crippen LogP contribution in [0.2, 0.25) is 0 Å². The van der Waals surface area contributed by atoms with Crippen molar-refractivity contribution in [3.05, 3.63) is 18.2 Å². The number of nitrogens with one attached hydrogen (secondary N) is 1. The van der Waals surface area contributed by atoms with Crippen molar-refractivity contribution in [1.82, 2.24) is 5.32 Å². The molecule has 1 saturated heterocycles. The second-order valence-corrected chi connectivity index (χ2v) is 7.04. The van der Waals surface area contributed by atoms with E-state index in [1.165, 1.54) is 4.90 Å². The number of ether oxygens (including phenoxy) is 3. The summed E-state index contributed by atoms with van der Waals surface area (Å²) in [5, 5.41) is 2.68. The third-order valence-corrected chi connectivity index (χ3v) is 4.35. The summed E-state index contributed by atoms with van der Waals surface area (Å²) in [6, 6.07) is 5.25. The second-order valence-electron chi connectivity index (χ2n) is 7.04. The Morgan fingerprint density at radius 3 is 2.74 bits per heavy atom. The number of benzene rings is 1. The lowest BCUT2D eigenvalue weighted by Crippen LogP contribution is -2.33. The lowest BCUT2D eigenvalue weighted by Gasteiger charge is -2.22. The smallest absolute Gasteiger partial charge is 0.311 e. The summed E-state index contributed by atoms with van der Waals surface area (Å²) in [4.78, 5) is 37.7. The molecule has 8 heteroatoms. The van der Waals surface area contributed by atoms with Gasteiger partial charge in [0.2, 0.25) is 5.91 Å². The molecule has 1 aromatic rings. The lowest BCUT2D eigenvalue weighted by atomic mass is 10.1. The Morgan fingerprint density at radius 1 is 1.26 bits per heavy atom. The Kier molecular flexibility index (Phi) is 5.83. The Balaban J connectivity index is 1.55. The summed E-state index contributed by atoms with van der Waals surface area (Å²) in [5.41, 5.74) is 0.647. The number of fused-ring (bicyclic) bond motifs is 1. The average Bonchev–Trinajstić information content (AvgIpc) is 3.05. The summed E-state index contributed by atoms with van der Waals surface area (Å²) >= 11 is 0. The molecule has 3 rings (SSSR count). The number of hydrogen-bond acceptors (Lipinski definition) is 6. The van der Waals surface area contributed by atoms with Crippen molar-refractivity contribution < 1.29 is 28.6 Å². The Bertz CT molecular complexity index is 733. The van der Waals surface area contributed by atoms with Gasteiger partial charge in [-0.1, -0.05) is 13.8 Å². The minimum Gasteiger partial charge on any atom is -0.486 e. The van der Waals surface area contributed by atoms with Crippen molar-refractivity contribution >= 4 is 23.5 Å². The molecule has 1 aromatic carbocycles. The fourth-order valence-electron chi connectivity index (χ4n) is 2.94. The molecule has 0 unspecified atom stereocenters. The molecule has 2 aliphatic heterocycles. The third kappa shape index (κ3) is 4.69. The van der Waals surface area contributed by atoms with Gasteiger partial charge in [-0.15, -0.1) is 0 Å². The monoisotopic (exact) mass is 376 g/mol. The van der Waals surface area contributed by atoms with Crippen LogP contribution in [0.4, 0.5) is 5.69 Å². The molecule has 0 saturated carbocycles. The van der Waals surface area contributed by atoms with Gasteiger partial charge in [0, 0.05) is 31.3 Å². The number of carbonyl (C=O) groups is 3. The van der Waals surface area contributed by atoms with E-state index >= 15 is 0 Å². The van der Waals surface area contributed by atoms with Gasteiger partial charge in [-0.05, 0) is 18.1 Å².